The molecule has 3 rings (SSSR count). The highest BCUT2D eigenvalue weighted by atomic mass is 15.0. The molecule has 1 N–H and O–H groups in total. The van der Waals surface area contributed by atoms with Crippen LogP contribution in [-0.4, -0.2) is 15.0 Å². The van der Waals surface area contributed by atoms with Gasteiger partial charge in [-0.05, 0) is 31.2 Å². The van der Waals surface area contributed by atoms with Gasteiger partial charge in [0.15, 0.2) is 5.65 Å². The summed E-state index contributed by atoms with van der Waals surface area (Å²) in [6.45, 7) is 2.06. The molecule has 0 fully saturated rings. The van der Waals surface area contributed by atoms with Gasteiger partial charge in [-0.1, -0.05) is 17.7 Å². The summed E-state index contributed by atoms with van der Waals surface area (Å²) in [7, 11) is 0. The van der Waals surface area contributed by atoms with Gasteiger partial charge in [-0.2, -0.15) is 0 Å². The molecule has 18 heavy (non-hydrogen) atoms. The molecule has 4 heteroatoms. The monoisotopic (exact) mass is 236 g/mol. The van der Waals surface area contributed by atoms with Crippen LogP contribution in [0.15, 0.2) is 48.8 Å². The fraction of sp³-hybridized carbons (Fsp3) is 0.0714. The molecule has 0 spiro atoms. The van der Waals surface area contributed by atoms with E-state index >= 15 is 0 Å². The second-order valence-corrected chi connectivity index (χ2v) is 4.09. The van der Waals surface area contributed by atoms with E-state index in [1.165, 1.54) is 5.56 Å². The molecule has 0 atom stereocenters. The molecule has 0 radical (unpaired) electrons. The van der Waals surface area contributed by atoms with Gasteiger partial charge in [-0.15, -0.1) is 0 Å². The quantitative estimate of drug-likeness (QED) is 0.742. The van der Waals surface area contributed by atoms with Gasteiger partial charge in [0, 0.05) is 11.9 Å². The minimum absolute atomic E-state index is 0.659. The third-order valence-electron chi connectivity index (χ3n) is 2.64. The lowest BCUT2D eigenvalue weighted by Gasteiger charge is -2.06. The van der Waals surface area contributed by atoms with Crippen molar-refractivity contribution in [3.8, 4) is 0 Å². The molecule has 0 unspecified atom stereocenters. The standard InChI is InChI=1S/C14H12N4/c1-10-4-6-11(7-5-10)17-13-9-16-14-12(18-13)3-2-8-15-14/h2-9H,1H3,(H,17,18). The molecule has 3 aromatic rings. The van der Waals surface area contributed by atoms with Gasteiger partial charge in [-0.3, -0.25) is 0 Å². The number of benzene rings is 1. The van der Waals surface area contributed by atoms with Crippen LogP contribution in [0.4, 0.5) is 11.5 Å². The molecule has 0 amide bonds. The molecule has 0 saturated carbocycles. The first-order chi connectivity index (χ1) is 8.81. The second-order valence-electron chi connectivity index (χ2n) is 4.09. The SMILES string of the molecule is Cc1ccc(Nc2cnc3ncccc3n2)cc1. The van der Waals surface area contributed by atoms with Crippen molar-refractivity contribution >= 4 is 22.7 Å². The van der Waals surface area contributed by atoms with Crippen LogP contribution in [0, 0.1) is 6.92 Å². The number of pyridine rings is 1. The number of nitrogens with one attached hydrogen (secondary N) is 1. The number of rotatable bonds is 2. The van der Waals surface area contributed by atoms with Crippen LogP contribution in [0.25, 0.3) is 11.2 Å². The van der Waals surface area contributed by atoms with Gasteiger partial charge in [0.05, 0.1) is 6.20 Å². The summed E-state index contributed by atoms with van der Waals surface area (Å²) in [4.78, 5) is 12.9. The fourth-order valence-electron chi connectivity index (χ4n) is 1.70. The average Bonchev–Trinajstić information content (AvgIpc) is 2.41. The Kier molecular flexibility index (Phi) is 2.61. The maximum Gasteiger partial charge on any atom is 0.178 e. The summed E-state index contributed by atoms with van der Waals surface area (Å²) < 4.78 is 0. The second kappa shape index (κ2) is 4.41. The van der Waals surface area contributed by atoms with Crippen molar-refractivity contribution in [1.29, 1.82) is 0 Å². The topological polar surface area (TPSA) is 50.7 Å². The minimum atomic E-state index is 0.659. The largest absolute Gasteiger partial charge is 0.339 e. The first-order valence-corrected chi connectivity index (χ1v) is 5.73. The number of anilines is 2. The van der Waals surface area contributed by atoms with Crippen LogP contribution in [-0.2, 0) is 0 Å². The summed E-state index contributed by atoms with van der Waals surface area (Å²) in [5.74, 6) is 0.722. The van der Waals surface area contributed by atoms with Crippen molar-refractivity contribution in [2.45, 2.75) is 6.92 Å². The molecule has 0 aliphatic heterocycles. The molecule has 0 aliphatic carbocycles. The summed E-state index contributed by atoms with van der Waals surface area (Å²) in [6, 6.07) is 11.9. The Morgan fingerprint density at radius 2 is 1.83 bits per heavy atom. The predicted octanol–water partition coefficient (Wildman–Crippen LogP) is 3.08. The van der Waals surface area contributed by atoms with Crippen molar-refractivity contribution in [2.24, 2.45) is 0 Å². The Hall–Kier alpha value is -2.49. The number of hydrogen-bond acceptors (Lipinski definition) is 4. The van der Waals surface area contributed by atoms with Crippen molar-refractivity contribution < 1.29 is 0 Å². The molecular weight excluding hydrogens is 224 g/mol. The number of aryl methyl sites for hydroxylation is 1. The Morgan fingerprint density at radius 1 is 1.00 bits per heavy atom. The van der Waals surface area contributed by atoms with Gasteiger partial charge in [0.2, 0.25) is 0 Å². The van der Waals surface area contributed by atoms with E-state index in [9.17, 15) is 0 Å². The molecule has 88 valence electrons. The first kappa shape index (κ1) is 10.7. The van der Waals surface area contributed by atoms with Crippen molar-refractivity contribution in [3.63, 3.8) is 0 Å². The molecular formula is C14H12N4. The lowest BCUT2D eigenvalue weighted by molar-refractivity contribution is 1.22. The zero-order valence-corrected chi connectivity index (χ0v) is 9.96. The normalized spacial score (nSPS) is 10.5. The highest BCUT2D eigenvalue weighted by molar-refractivity contribution is 5.72. The molecule has 0 saturated heterocycles. The van der Waals surface area contributed by atoms with E-state index in [0.29, 0.717) is 5.65 Å². The number of fused-ring (bicyclic) bond motifs is 1. The van der Waals surface area contributed by atoms with Gasteiger partial charge < -0.3 is 5.32 Å². The van der Waals surface area contributed by atoms with Crippen LogP contribution in [0.2, 0.25) is 0 Å². The smallest absolute Gasteiger partial charge is 0.178 e. The number of hydrogen-bond donors (Lipinski definition) is 1. The summed E-state index contributed by atoms with van der Waals surface area (Å²) in [5.41, 5.74) is 3.68. The maximum atomic E-state index is 4.46. The minimum Gasteiger partial charge on any atom is -0.339 e. The van der Waals surface area contributed by atoms with E-state index in [2.05, 4.69) is 39.3 Å². The summed E-state index contributed by atoms with van der Waals surface area (Å²) in [5, 5.41) is 3.22. The van der Waals surface area contributed by atoms with E-state index < -0.39 is 0 Å². The molecule has 0 aliphatic rings. The van der Waals surface area contributed by atoms with Gasteiger partial charge in [-0.25, -0.2) is 15.0 Å². The summed E-state index contributed by atoms with van der Waals surface area (Å²) in [6.07, 6.45) is 3.40. The molecule has 0 bridgehead atoms. The third-order valence-corrected chi connectivity index (χ3v) is 2.64. The van der Waals surface area contributed by atoms with Crippen LogP contribution < -0.4 is 5.32 Å². The zero-order chi connectivity index (χ0) is 12.4. The van der Waals surface area contributed by atoms with Crippen molar-refractivity contribution in [2.75, 3.05) is 5.32 Å². The van der Waals surface area contributed by atoms with E-state index in [-0.39, 0.29) is 0 Å². The molecule has 1 aromatic carbocycles. The Labute approximate surface area is 105 Å². The van der Waals surface area contributed by atoms with Crippen LogP contribution >= 0.6 is 0 Å². The van der Waals surface area contributed by atoms with E-state index in [4.69, 9.17) is 0 Å². The Morgan fingerprint density at radius 3 is 2.67 bits per heavy atom. The average molecular weight is 236 g/mol. The van der Waals surface area contributed by atoms with E-state index in [0.717, 1.165) is 17.0 Å². The van der Waals surface area contributed by atoms with E-state index in [1.807, 2.05) is 24.3 Å². The van der Waals surface area contributed by atoms with E-state index in [1.54, 1.807) is 12.4 Å². The Bertz CT molecular complexity index is 677. The number of nitrogens with zero attached hydrogens (tertiary/aromatic N) is 3. The zero-order valence-electron chi connectivity index (χ0n) is 9.96. The first-order valence-electron chi connectivity index (χ1n) is 5.73. The van der Waals surface area contributed by atoms with Gasteiger partial charge >= 0.3 is 0 Å². The highest BCUT2D eigenvalue weighted by Gasteiger charge is 2.00. The maximum absolute atomic E-state index is 4.46. The highest BCUT2D eigenvalue weighted by Crippen LogP contribution is 2.16. The van der Waals surface area contributed by atoms with Gasteiger partial charge in [0.1, 0.15) is 11.3 Å². The lowest BCUT2D eigenvalue weighted by Crippen LogP contribution is -1.96. The van der Waals surface area contributed by atoms with Crippen LogP contribution in [0.5, 0.6) is 0 Å². The molecule has 2 heterocycles. The van der Waals surface area contributed by atoms with Crippen molar-refractivity contribution in [1.82, 2.24) is 15.0 Å². The fourth-order valence-corrected chi connectivity index (χ4v) is 1.70. The predicted molar refractivity (Wildman–Crippen MR) is 71.8 cm³/mol. The van der Waals surface area contributed by atoms with Crippen LogP contribution in [0.1, 0.15) is 5.56 Å². The van der Waals surface area contributed by atoms with Crippen LogP contribution in [0.3, 0.4) is 0 Å². The third kappa shape index (κ3) is 2.13. The van der Waals surface area contributed by atoms with Crippen molar-refractivity contribution in [3.05, 3.63) is 54.4 Å². The summed E-state index contributed by atoms with van der Waals surface area (Å²) >= 11 is 0. The van der Waals surface area contributed by atoms with Gasteiger partial charge in [0.25, 0.3) is 0 Å². The lowest BCUT2D eigenvalue weighted by atomic mass is 10.2. The molecule has 2 aromatic heterocycles. The number of aromatic nitrogens is 3. The molecule has 4 nitrogen and oxygen atoms in total. The Balaban J connectivity index is 1.92.